The Morgan fingerprint density at radius 2 is 2.06 bits per heavy atom. The molecular formula is C21H19Cl2FN4O2S. The lowest BCUT2D eigenvalue weighted by Gasteiger charge is -2.27. The van der Waals surface area contributed by atoms with Crippen LogP contribution in [0.25, 0.3) is 10.6 Å². The van der Waals surface area contributed by atoms with E-state index in [-0.39, 0.29) is 5.82 Å². The molecule has 0 radical (unpaired) electrons. The molecule has 1 fully saturated rings. The zero-order chi connectivity index (χ0) is 22.1. The maximum atomic E-state index is 14.1. The zero-order valence-electron chi connectivity index (χ0n) is 16.8. The highest BCUT2D eigenvalue weighted by molar-refractivity contribution is 7.13. The van der Waals surface area contributed by atoms with Gasteiger partial charge in [-0.25, -0.2) is 19.2 Å². The molecule has 0 N–H and O–H groups in total. The highest BCUT2D eigenvalue weighted by Gasteiger charge is 2.31. The van der Waals surface area contributed by atoms with E-state index in [0.29, 0.717) is 41.1 Å². The molecule has 10 heteroatoms. The molecule has 1 amide bonds. The standard InChI is InChI=1S/C21H19Cl2FN4O2S/c1-26-11-27(28(12-26)21(29)30-2)16-7-13(6-14(22)8-16)20-25-15(10-31-20)9-17-18(23)4-3-5-19(17)24/h3-8,10H,9,11-12H2,1-2H3. The monoisotopic (exact) mass is 480 g/mol. The largest absolute Gasteiger partial charge is 0.451 e. The molecular weight excluding hydrogens is 462 g/mol. The van der Waals surface area contributed by atoms with Gasteiger partial charge in [0.05, 0.1) is 31.8 Å². The number of rotatable bonds is 4. The van der Waals surface area contributed by atoms with Crippen molar-refractivity contribution in [2.75, 3.05) is 32.5 Å². The van der Waals surface area contributed by atoms with E-state index in [1.165, 1.54) is 29.5 Å². The summed E-state index contributed by atoms with van der Waals surface area (Å²) in [7, 11) is 3.25. The molecule has 0 atom stereocenters. The third kappa shape index (κ3) is 4.62. The van der Waals surface area contributed by atoms with Crippen molar-refractivity contribution in [1.29, 1.82) is 0 Å². The summed E-state index contributed by atoms with van der Waals surface area (Å²) >= 11 is 14.0. The van der Waals surface area contributed by atoms with Gasteiger partial charge in [-0.05, 0) is 37.4 Å². The second kappa shape index (κ2) is 9.00. The van der Waals surface area contributed by atoms with Gasteiger partial charge in [-0.2, -0.15) is 0 Å². The summed E-state index contributed by atoms with van der Waals surface area (Å²) in [5.41, 5.74) is 2.68. The van der Waals surface area contributed by atoms with Gasteiger partial charge in [0.1, 0.15) is 10.8 Å². The van der Waals surface area contributed by atoms with Crippen LogP contribution in [-0.2, 0) is 11.2 Å². The molecule has 162 valence electrons. The van der Waals surface area contributed by atoms with Gasteiger partial charge in [0.15, 0.2) is 0 Å². The number of benzene rings is 2. The van der Waals surface area contributed by atoms with Crippen LogP contribution in [0.2, 0.25) is 10.0 Å². The Morgan fingerprint density at radius 3 is 2.81 bits per heavy atom. The number of amides is 1. The van der Waals surface area contributed by atoms with E-state index in [1.54, 1.807) is 23.2 Å². The molecule has 0 unspecified atom stereocenters. The Balaban J connectivity index is 1.63. The Kier molecular flexibility index (Phi) is 6.34. The van der Waals surface area contributed by atoms with E-state index in [4.69, 9.17) is 27.9 Å². The third-order valence-corrected chi connectivity index (χ3v) is 6.34. The molecule has 0 bridgehead atoms. The highest BCUT2D eigenvalue weighted by Crippen LogP contribution is 2.34. The van der Waals surface area contributed by atoms with Crippen LogP contribution in [0.4, 0.5) is 14.9 Å². The quantitative estimate of drug-likeness (QED) is 0.493. The minimum absolute atomic E-state index is 0.294. The molecule has 1 aromatic heterocycles. The number of carbonyl (C=O) groups excluding carboxylic acids is 1. The fourth-order valence-corrected chi connectivity index (χ4v) is 4.65. The lowest BCUT2D eigenvalue weighted by atomic mass is 10.1. The number of anilines is 1. The zero-order valence-corrected chi connectivity index (χ0v) is 19.1. The lowest BCUT2D eigenvalue weighted by molar-refractivity contribution is 0.123. The van der Waals surface area contributed by atoms with Gasteiger partial charge < -0.3 is 4.74 Å². The summed E-state index contributed by atoms with van der Waals surface area (Å²) in [5, 5.41) is 6.81. The minimum atomic E-state index is -0.454. The minimum Gasteiger partial charge on any atom is -0.451 e. The number of hydrazine groups is 1. The predicted molar refractivity (Wildman–Crippen MR) is 121 cm³/mol. The van der Waals surface area contributed by atoms with Crippen molar-refractivity contribution >= 4 is 46.3 Å². The van der Waals surface area contributed by atoms with Gasteiger partial charge in [0.25, 0.3) is 0 Å². The summed E-state index contributed by atoms with van der Waals surface area (Å²) < 4.78 is 19.0. The molecule has 0 aliphatic carbocycles. The van der Waals surface area contributed by atoms with Crippen molar-refractivity contribution in [2.24, 2.45) is 0 Å². The maximum Gasteiger partial charge on any atom is 0.429 e. The molecule has 2 heterocycles. The van der Waals surface area contributed by atoms with Crippen LogP contribution in [0, 0.1) is 5.82 Å². The van der Waals surface area contributed by atoms with Crippen molar-refractivity contribution in [3.8, 4) is 10.6 Å². The number of thiazole rings is 1. The fraction of sp³-hybridized carbons (Fsp3) is 0.238. The van der Waals surface area contributed by atoms with E-state index in [0.717, 1.165) is 16.3 Å². The number of halogens is 3. The normalized spacial score (nSPS) is 14.4. The topological polar surface area (TPSA) is 48.9 Å². The molecule has 6 nitrogen and oxygen atoms in total. The van der Waals surface area contributed by atoms with Crippen LogP contribution < -0.4 is 5.01 Å². The summed E-state index contributed by atoms with van der Waals surface area (Å²) in [6.45, 7) is 0.906. The van der Waals surface area contributed by atoms with Gasteiger partial charge in [-0.15, -0.1) is 11.3 Å². The van der Waals surface area contributed by atoms with E-state index >= 15 is 0 Å². The van der Waals surface area contributed by atoms with Crippen molar-refractivity contribution in [3.63, 3.8) is 0 Å². The number of ether oxygens (including phenoxy) is 1. The van der Waals surface area contributed by atoms with Crippen molar-refractivity contribution in [3.05, 3.63) is 68.9 Å². The highest BCUT2D eigenvalue weighted by atomic mass is 35.5. The molecule has 0 saturated carbocycles. The second-order valence-corrected chi connectivity index (χ2v) is 8.83. The smallest absolute Gasteiger partial charge is 0.429 e. The molecule has 31 heavy (non-hydrogen) atoms. The first kappa shape index (κ1) is 21.8. The lowest BCUT2D eigenvalue weighted by Crippen LogP contribution is -2.41. The van der Waals surface area contributed by atoms with Crippen LogP contribution in [0.5, 0.6) is 0 Å². The van der Waals surface area contributed by atoms with Crippen molar-refractivity contribution in [1.82, 2.24) is 14.9 Å². The summed E-state index contributed by atoms with van der Waals surface area (Å²) in [4.78, 5) is 18.8. The Labute approximate surface area is 193 Å². The molecule has 1 aliphatic heterocycles. The van der Waals surface area contributed by atoms with E-state index in [9.17, 15) is 9.18 Å². The van der Waals surface area contributed by atoms with E-state index in [1.807, 2.05) is 29.5 Å². The first-order chi connectivity index (χ1) is 14.9. The first-order valence-corrected chi connectivity index (χ1v) is 11.0. The average Bonchev–Trinajstić information content (AvgIpc) is 3.36. The van der Waals surface area contributed by atoms with Gasteiger partial charge >= 0.3 is 6.09 Å². The molecule has 4 rings (SSSR count). The van der Waals surface area contributed by atoms with Crippen LogP contribution in [0.3, 0.4) is 0 Å². The van der Waals surface area contributed by atoms with Crippen molar-refractivity contribution < 1.29 is 13.9 Å². The number of nitrogens with zero attached hydrogens (tertiary/aromatic N) is 4. The molecule has 1 aliphatic rings. The van der Waals surface area contributed by atoms with Gasteiger partial charge in [-0.3, -0.25) is 9.91 Å². The summed E-state index contributed by atoms with van der Waals surface area (Å²) in [6.07, 6.45) is -0.160. The van der Waals surface area contributed by atoms with E-state index < -0.39 is 6.09 Å². The van der Waals surface area contributed by atoms with Crippen molar-refractivity contribution in [2.45, 2.75) is 6.42 Å². The molecule has 3 aromatic rings. The van der Waals surface area contributed by atoms with Gasteiger partial charge in [0.2, 0.25) is 0 Å². The van der Waals surface area contributed by atoms with Crippen LogP contribution >= 0.6 is 34.5 Å². The Morgan fingerprint density at radius 1 is 1.26 bits per heavy atom. The SMILES string of the molecule is COC(=O)N1CN(C)CN1c1cc(Cl)cc(-c2nc(Cc3c(F)cccc3Cl)cs2)c1. The Bertz CT molecular complexity index is 1110. The number of methoxy groups -OCH3 is 1. The molecule has 2 aromatic carbocycles. The fourth-order valence-electron chi connectivity index (χ4n) is 3.39. The van der Waals surface area contributed by atoms with E-state index in [2.05, 4.69) is 4.98 Å². The number of aromatic nitrogens is 1. The van der Waals surface area contributed by atoms with Crippen LogP contribution in [-0.4, -0.2) is 48.5 Å². The van der Waals surface area contributed by atoms with Gasteiger partial charge in [0, 0.05) is 33.0 Å². The van der Waals surface area contributed by atoms with Crippen LogP contribution in [0.15, 0.2) is 41.8 Å². The Hall–Kier alpha value is -2.39. The predicted octanol–water partition coefficient (Wildman–Crippen LogP) is 5.50. The third-order valence-electron chi connectivity index (χ3n) is 4.83. The first-order valence-electron chi connectivity index (χ1n) is 9.35. The molecule has 0 spiro atoms. The van der Waals surface area contributed by atoms with Gasteiger partial charge in [-0.1, -0.05) is 29.3 Å². The summed E-state index contributed by atoms with van der Waals surface area (Å²) in [5.74, 6) is -0.354. The number of hydrogen-bond donors (Lipinski definition) is 0. The number of hydrogen-bond acceptors (Lipinski definition) is 6. The number of carbonyl (C=O) groups is 1. The second-order valence-electron chi connectivity index (χ2n) is 7.13. The average molecular weight is 481 g/mol. The molecule has 1 saturated heterocycles. The maximum absolute atomic E-state index is 14.1. The van der Waals surface area contributed by atoms with Crippen LogP contribution in [0.1, 0.15) is 11.3 Å². The summed E-state index contributed by atoms with van der Waals surface area (Å²) in [6, 6.07) is 10.1.